The molecule has 3 N–H and O–H groups in total. The predicted octanol–water partition coefficient (Wildman–Crippen LogP) is 2.85. The van der Waals surface area contributed by atoms with Gasteiger partial charge in [-0.15, -0.1) is 0 Å². The van der Waals surface area contributed by atoms with E-state index in [9.17, 15) is 4.79 Å². The van der Waals surface area contributed by atoms with E-state index in [1.165, 1.54) is 24.8 Å². The molecule has 1 saturated heterocycles. The lowest BCUT2D eigenvalue weighted by Gasteiger charge is -2.32. The zero-order valence-corrected chi connectivity index (χ0v) is 14.8. The van der Waals surface area contributed by atoms with Crippen LogP contribution in [-0.4, -0.2) is 30.5 Å². The van der Waals surface area contributed by atoms with E-state index in [1.807, 2.05) is 18.2 Å². The number of nitrogens with one attached hydrogen (secondary N) is 1. The first kappa shape index (κ1) is 18.7. The molecule has 1 unspecified atom stereocenters. The number of hydrogen-bond donors (Lipinski definition) is 2. The summed E-state index contributed by atoms with van der Waals surface area (Å²) in [5.74, 6) is 6.18. The fourth-order valence-electron chi connectivity index (χ4n) is 3.26. The number of hydrogen-bond acceptors (Lipinski definition) is 4. The van der Waals surface area contributed by atoms with Crippen molar-refractivity contribution in [2.75, 3.05) is 19.7 Å². The smallest absolute Gasteiger partial charge is 0.238 e. The lowest BCUT2D eigenvalue weighted by atomic mass is 9.97. The summed E-state index contributed by atoms with van der Waals surface area (Å²) < 4.78 is 5.99. The van der Waals surface area contributed by atoms with Gasteiger partial charge in [-0.3, -0.25) is 15.1 Å². The average molecular weight is 333 g/mol. The molecule has 0 aliphatic carbocycles. The number of benzene rings is 1. The molecule has 1 aromatic rings. The molecule has 1 aromatic carbocycles. The molecule has 1 fully saturated rings. The molecule has 1 aliphatic heterocycles. The number of rotatable bonds is 9. The van der Waals surface area contributed by atoms with Gasteiger partial charge in [0.1, 0.15) is 5.75 Å². The molecule has 5 nitrogen and oxygen atoms in total. The molecule has 0 spiro atoms. The largest absolute Gasteiger partial charge is 0.493 e. The Hall–Kier alpha value is -1.59. The first-order chi connectivity index (χ1) is 11.7. The third-order valence-electron chi connectivity index (χ3n) is 4.64. The van der Waals surface area contributed by atoms with Crippen LogP contribution < -0.4 is 16.0 Å². The van der Waals surface area contributed by atoms with Crippen LogP contribution in [0.15, 0.2) is 24.3 Å². The van der Waals surface area contributed by atoms with Crippen LogP contribution in [-0.2, 0) is 11.3 Å². The first-order valence-corrected chi connectivity index (χ1v) is 9.18. The van der Waals surface area contributed by atoms with Crippen LogP contribution in [0.25, 0.3) is 0 Å². The zero-order valence-electron chi connectivity index (χ0n) is 14.8. The molecule has 2 rings (SSSR count). The second-order valence-corrected chi connectivity index (χ2v) is 6.60. The molecule has 1 heterocycles. The predicted molar refractivity (Wildman–Crippen MR) is 96.4 cm³/mol. The fraction of sp³-hybridized carbons (Fsp3) is 0.632. The summed E-state index contributed by atoms with van der Waals surface area (Å²) in [6, 6.07) is 8.23. The molecule has 0 bridgehead atoms. The van der Waals surface area contributed by atoms with Gasteiger partial charge in [-0.1, -0.05) is 44.4 Å². The van der Waals surface area contributed by atoms with E-state index in [2.05, 4.69) is 23.3 Å². The quantitative estimate of drug-likeness (QED) is 0.316. The van der Waals surface area contributed by atoms with Gasteiger partial charge in [0.05, 0.1) is 12.5 Å². The summed E-state index contributed by atoms with van der Waals surface area (Å²) in [5.41, 5.74) is 3.48. The Balaban J connectivity index is 1.88. The molecule has 1 amide bonds. The SMILES string of the molecule is CCCCCCOc1ccccc1CN1CCCC(C(=O)NN)C1. The van der Waals surface area contributed by atoms with Gasteiger partial charge in [0, 0.05) is 18.7 Å². The number of nitrogens with zero attached hydrogens (tertiary/aromatic N) is 1. The number of hydrazine groups is 1. The van der Waals surface area contributed by atoms with Gasteiger partial charge in [-0.2, -0.15) is 0 Å². The Kier molecular flexibility index (Phi) is 8.05. The minimum atomic E-state index is -0.0554. The number of ether oxygens (including phenoxy) is 1. The normalized spacial score (nSPS) is 18.3. The van der Waals surface area contributed by atoms with E-state index < -0.39 is 0 Å². The fourth-order valence-corrected chi connectivity index (χ4v) is 3.26. The van der Waals surface area contributed by atoms with Crippen molar-refractivity contribution in [3.05, 3.63) is 29.8 Å². The maximum atomic E-state index is 11.8. The summed E-state index contributed by atoms with van der Waals surface area (Å²) in [7, 11) is 0. The van der Waals surface area contributed by atoms with Crippen molar-refractivity contribution in [3.8, 4) is 5.75 Å². The van der Waals surface area contributed by atoms with Gasteiger partial charge in [-0.25, -0.2) is 5.84 Å². The van der Waals surface area contributed by atoms with E-state index in [1.54, 1.807) is 0 Å². The Morgan fingerprint density at radius 1 is 1.33 bits per heavy atom. The van der Waals surface area contributed by atoms with Crippen molar-refractivity contribution in [3.63, 3.8) is 0 Å². The van der Waals surface area contributed by atoms with Crippen molar-refractivity contribution in [2.24, 2.45) is 11.8 Å². The molecule has 0 radical (unpaired) electrons. The molecule has 0 aromatic heterocycles. The summed E-state index contributed by atoms with van der Waals surface area (Å²) in [5, 5.41) is 0. The maximum absolute atomic E-state index is 11.8. The highest BCUT2D eigenvalue weighted by Crippen LogP contribution is 2.24. The second kappa shape index (κ2) is 10.3. The molecule has 5 heteroatoms. The third kappa shape index (κ3) is 5.80. The molecule has 1 atom stereocenters. The van der Waals surface area contributed by atoms with Crippen molar-refractivity contribution < 1.29 is 9.53 Å². The molecular formula is C19H31N3O2. The van der Waals surface area contributed by atoms with Crippen molar-refractivity contribution in [2.45, 2.75) is 52.0 Å². The highest BCUT2D eigenvalue weighted by molar-refractivity contribution is 5.78. The van der Waals surface area contributed by atoms with Crippen LogP contribution >= 0.6 is 0 Å². The molecule has 134 valence electrons. The number of carbonyl (C=O) groups is 1. The molecule has 1 aliphatic rings. The monoisotopic (exact) mass is 333 g/mol. The van der Waals surface area contributed by atoms with E-state index in [0.29, 0.717) is 0 Å². The first-order valence-electron chi connectivity index (χ1n) is 9.18. The van der Waals surface area contributed by atoms with Crippen molar-refractivity contribution in [1.82, 2.24) is 10.3 Å². The van der Waals surface area contributed by atoms with Crippen LogP contribution in [0, 0.1) is 5.92 Å². The number of amides is 1. The Labute approximate surface area is 145 Å². The lowest BCUT2D eigenvalue weighted by Crippen LogP contribution is -2.44. The standard InChI is InChI=1S/C19H31N3O2/c1-2-3-4-7-13-24-18-11-6-5-9-16(18)14-22-12-8-10-17(15-22)19(23)21-20/h5-6,9,11,17H,2-4,7-8,10,12-15,20H2,1H3,(H,21,23). The Morgan fingerprint density at radius 2 is 2.17 bits per heavy atom. The molecule has 0 saturated carbocycles. The summed E-state index contributed by atoms with van der Waals surface area (Å²) in [6.45, 7) is 5.58. The topological polar surface area (TPSA) is 67.6 Å². The van der Waals surface area contributed by atoms with E-state index >= 15 is 0 Å². The Bertz CT molecular complexity index is 507. The average Bonchev–Trinajstić information content (AvgIpc) is 2.62. The Morgan fingerprint density at radius 3 is 2.96 bits per heavy atom. The number of para-hydroxylation sites is 1. The number of likely N-dealkylation sites (tertiary alicyclic amines) is 1. The van der Waals surface area contributed by atoms with Gasteiger partial charge >= 0.3 is 0 Å². The van der Waals surface area contributed by atoms with Gasteiger partial charge in [0.25, 0.3) is 0 Å². The minimum Gasteiger partial charge on any atom is -0.493 e. The minimum absolute atomic E-state index is 0.00845. The lowest BCUT2D eigenvalue weighted by molar-refractivity contribution is -0.126. The van der Waals surface area contributed by atoms with Gasteiger partial charge in [-0.05, 0) is 31.9 Å². The molecule has 24 heavy (non-hydrogen) atoms. The van der Waals surface area contributed by atoms with Crippen LogP contribution in [0.5, 0.6) is 5.75 Å². The number of carbonyl (C=O) groups excluding carboxylic acids is 1. The van der Waals surface area contributed by atoms with Crippen LogP contribution in [0.4, 0.5) is 0 Å². The van der Waals surface area contributed by atoms with E-state index in [0.717, 1.165) is 51.3 Å². The number of nitrogens with two attached hydrogens (primary N) is 1. The van der Waals surface area contributed by atoms with Crippen LogP contribution in [0.1, 0.15) is 51.0 Å². The highest BCUT2D eigenvalue weighted by Gasteiger charge is 2.25. The van der Waals surface area contributed by atoms with E-state index in [4.69, 9.17) is 10.6 Å². The van der Waals surface area contributed by atoms with Gasteiger partial charge in [0.15, 0.2) is 0 Å². The van der Waals surface area contributed by atoms with Crippen molar-refractivity contribution in [1.29, 1.82) is 0 Å². The summed E-state index contributed by atoms with van der Waals surface area (Å²) >= 11 is 0. The maximum Gasteiger partial charge on any atom is 0.238 e. The van der Waals surface area contributed by atoms with Gasteiger partial charge < -0.3 is 4.74 Å². The van der Waals surface area contributed by atoms with Crippen molar-refractivity contribution >= 4 is 5.91 Å². The van der Waals surface area contributed by atoms with Crippen LogP contribution in [0.3, 0.4) is 0 Å². The zero-order chi connectivity index (χ0) is 17.2. The highest BCUT2D eigenvalue weighted by atomic mass is 16.5. The molecular weight excluding hydrogens is 302 g/mol. The van der Waals surface area contributed by atoms with Crippen LogP contribution in [0.2, 0.25) is 0 Å². The third-order valence-corrected chi connectivity index (χ3v) is 4.64. The number of unbranched alkanes of at least 4 members (excludes halogenated alkanes) is 3. The second-order valence-electron chi connectivity index (χ2n) is 6.60. The summed E-state index contributed by atoms with van der Waals surface area (Å²) in [4.78, 5) is 14.1. The summed E-state index contributed by atoms with van der Waals surface area (Å²) in [6.07, 6.45) is 6.77. The van der Waals surface area contributed by atoms with E-state index in [-0.39, 0.29) is 11.8 Å². The number of piperidine rings is 1. The van der Waals surface area contributed by atoms with Gasteiger partial charge in [0.2, 0.25) is 5.91 Å².